The Balaban J connectivity index is -0.000000688. The van der Waals surface area contributed by atoms with Crippen molar-refractivity contribution in [2.75, 3.05) is 0 Å². The van der Waals surface area contributed by atoms with Crippen LogP contribution in [0.2, 0.25) is 0 Å². The molecule has 0 aromatic heterocycles. The fourth-order valence-corrected chi connectivity index (χ4v) is 4.99. The molecule has 41 heavy (non-hydrogen) atoms. The van der Waals surface area contributed by atoms with Crippen molar-refractivity contribution in [1.82, 2.24) is 0 Å². The summed E-state index contributed by atoms with van der Waals surface area (Å²) >= 11 is 0. The Morgan fingerprint density at radius 1 is 0.463 bits per heavy atom. The zero-order chi connectivity index (χ0) is 29.8. The third kappa shape index (κ3) is 49.7. The molecule has 0 saturated carbocycles. The summed E-state index contributed by atoms with van der Waals surface area (Å²) in [6.07, 6.45) is 41.1. The van der Waals surface area contributed by atoms with E-state index >= 15 is 0 Å². The number of carbonyl (C=O) groups excluding carboxylic acids is 1. The molecule has 0 aliphatic carbocycles. The van der Waals surface area contributed by atoms with Crippen LogP contribution in [-0.2, 0) is 9.59 Å². The molecule has 0 saturated heterocycles. The fourth-order valence-electron chi connectivity index (χ4n) is 4.99. The first-order chi connectivity index (χ1) is 19.5. The maximum absolute atomic E-state index is 10.3. The molecule has 0 unspecified atom stereocenters. The second kappa shape index (κ2) is 41.8. The minimum atomic E-state index is -0.914. The van der Waals surface area contributed by atoms with Gasteiger partial charge in [-0.1, -0.05) is 167 Å². The molecule has 0 aliphatic rings. The monoisotopic (exact) mass is 589 g/mol. The van der Waals surface area contributed by atoms with Gasteiger partial charge in [0.25, 0.3) is 0 Å². The van der Waals surface area contributed by atoms with E-state index in [-0.39, 0.29) is 36.0 Å². The molecule has 0 aromatic carbocycles. The number of allylic oxidation sites excluding steroid dienone is 2. The van der Waals surface area contributed by atoms with Gasteiger partial charge >= 0.3 is 35.5 Å². The molecule has 0 radical (unpaired) electrons. The number of carboxylic acid groups (broad SMARTS) is 2. The van der Waals surface area contributed by atoms with Crippen molar-refractivity contribution in [3.05, 3.63) is 12.2 Å². The van der Waals surface area contributed by atoms with E-state index in [1.54, 1.807) is 0 Å². The predicted molar refractivity (Wildman–Crippen MR) is 172 cm³/mol. The van der Waals surface area contributed by atoms with Crippen LogP contribution in [0.25, 0.3) is 0 Å². The Bertz CT molecular complexity index is 536. The van der Waals surface area contributed by atoms with Crippen molar-refractivity contribution in [2.24, 2.45) is 0 Å². The fraction of sp³-hybridized carbons (Fsp3) is 0.889. The van der Waals surface area contributed by atoms with Crippen molar-refractivity contribution >= 4 is 11.9 Å². The van der Waals surface area contributed by atoms with Gasteiger partial charge in [-0.05, 0) is 44.9 Å². The summed E-state index contributed by atoms with van der Waals surface area (Å²) in [6, 6.07) is 0. The molecular formula is C36H69NaO4. The summed E-state index contributed by atoms with van der Waals surface area (Å²) in [4.78, 5) is 20.5. The van der Waals surface area contributed by atoms with Crippen molar-refractivity contribution in [1.29, 1.82) is 0 Å². The number of hydrogen-bond donors (Lipinski definition) is 1. The van der Waals surface area contributed by atoms with Gasteiger partial charge in [-0.2, -0.15) is 0 Å². The van der Waals surface area contributed by atoms with E-state index in [0.717, 1.165) is 32.1 Å². The van der Waals surface area contributed by atoms with Crippen LogP contribution >= 0.6 is 0 Å². The van der Waals surface area contributed by atoms with Crippen LogP contribution < -0.4 is 34.7 Å². The summed E-state index contributed by atoms with van der Waals surface area (Å²) in [5.41, 5.74) is 0. The minimum absolute atomic E-state index is 0. The van der Waals surface area contributed by atoms with E-state index < -0.39 is 11.9 Å². The number of aliphatic carboxylic acids is 2. The van der Waals surface area contributed by atoms with E-state index in [2.05, 4.69) is 26.0 Å². The Labute approximate surface area is 278 Å². The molecule has 0 spiro atoms. The normalized spacial score (nSPS) is 10.8. The molecule has 0 amide bonds. The summed E-state index contributed by atoms with van der Waals surface area (Å²) in [7, 11) is 0. The Kier molecular flexibility index (Phi) is 46.0. The Morgan fingerprint density at radius 3 is 1.02 bits per heavy atom. The van der Waals surface area contributed by atoms with Crippen molar-refractivity contribution in [2.45, 2.75) is 206 Å². The van der Waals surface area contributed by atoms with Crippen LogP contribution in [0.5, 0.6) is 0 Å². The molecule has 0 aliphatic heterocycles. The molecule has 4 nitrogen and oxygen atoms in total. The second-order valence-corrected chi connectivity index (χ2v) is 11.8. The molecule has 0 fully saturated rings. The van der Waals surface area contributed by atoms with E-state index in [1.807, 2.05) is 0 Å². The molecule has 0 heterocycles. The van der Waals surface area contributed by atoms with Gasteiger partial charge in [0.1, 0.15) is 0 Å². The second-order valence-electron chi connectivity index (χ2n) is 11.8. The molecule has 0 bridgehead atoms. The van der Waals surface area contributed by atoms with E-state index in [9.17, 15) is 14.7 Å². The molecule has 0 rings (SSSR count). The summed E-state index contributed by atoms with van der Waals surface area (Å²) in [6.45, 7) is 4.53. The Hall–Kier alpha value is -0.320. The molecule has 0 aromatic rings. The predicted octanol–water partition coefficient (Wildman–Crippen LogP) is 8.11. The average Bonchev–Trinajstić information content (AvgIpc) is 2.93. The van der Waals surface area contributed by atoms with Gasteiger partial charge in [0.15, 0.2) is 0 Å². The Morgan fingerprint density at radius 2 is 0.732 bits per heavy atom. The smallest absolute Gasteiger partial charge is 0.550 e. The van der Waals surface area contributed by atoms with Gasteiger partial charge in [0, 0.05) is 12.4 Å². The first-order valence-electron chi connectivity index (χ1n) is 17.6. The first-order valence-corrected chi connectivity index (χ1v) is 17.6. The van der Waals surface area contributed by atoms with Gasteiger partial charge in [0.2, 0.25) is 0 Å². The van der Waals surface area contributed by atoms with Crippen LogP contribution in [0, 0.1) is 0 Å². The van der Waals surface area contributed by atoms with Crippen LogP contribution in [0.1, 0.15) is 206 Å². The molecule has 238 valence electrons. The maximum atomic E-state index is 10.3. The van der Waals surface area contributed by atoms with Gasteiger partial charge in [0.05, 0.1) is 0 Å². The summed E-state index contributed by atoms with van der Waals surface area (Å²) in [5.74, 6) is -1.57. The number of unbranched alkanes of at least 4 members (excludes halogenated alkanes) is 25. The van der Waals surface area contributed by atoms with Gasteiger partial charge in [-0.25, -0.2) is 0 Å². The summed E-state index contributed by atoms with van der Waals surface area (Å²) < 4.78 is 0. The van der Waals surface area contributed by atoms with Crippen molar-refractivity contribution in [3.63, 3.8) is 0 Å². The minimum Gasteiger partial charge on any atom is -0.550 e. The zero-order valence-electron chi connectivity index (χ0n) is 28.0. The largest absolute Gasteiger partial charge is 1.00 e. The standard InChI is InChI=1S/C18H36O2.C18H34O2.Na/c2*1-2-3-4-5-6-7-8-9-10-11-12-13-14-15-16-17-18(19)20;/h2-17H2,1H3,(H,19,20);9-10H,2-8,11-17H2,1H3,(H,19,20);/q;;+1/p-1/b;10-9-;. The van der Waals surface area contributed by atoms with E-state index in [1.165, 1.54) is 148 Å². The average molecular weight is 589 g/mol. The quantitative estimate of drug-likeness (QED) is 0.0504. The first kappa shape index (κ1) is 45.1. The van der Waals surface area contributed by atoms with Gasteiger partial charge in [-0.3, -0.25) is 4.79 Å². The van der Waals surface area contributed by atoms with Crippen molar-refractivity contribution < 1.29 is 49.4 Å². The molecular weight excluding hydrogens is 519 g/mol. The van der Waals surface area contributed by atoms with Crippen LogP contribution in [0.15, 0.2) is 12.2 Å². The van der Waals surface area contributed by atoms with Gasteiger partial charge < -0.3 is 15.0 Å². The topological polar surface area (TPSA) is 77.4 Å². The number of rotatable bonds is 31. The number of carbonyl (C=O) groups is 2. The third-order valence-corrected chi connectivity index (χ3v) is 7.64. The third-order valence-electron chi connectivity index (χ3n) is 7.64. The molecule has 0 atom stereocenters. The molecule has 1 N–H and O–H groups in total. The van der Waals surface area contributed by atoms with Crippen LogP contribution in [-0.4, -0.2) is 17.0 Å². The zero-order valence-corrected chi connectivity index (χ0v) is 30.0. The number of carboxylic acids is 2. The number of hydrogen-bond acceptors (Lipinski definition) is 3. The SMILES string of the molecule is CCCCCCCC/C=C\CCCCCCCC(=O)[O-].CCCCCCCCCCCCCCCCCC(=O)O.[Na+]. The van der Waals surface area contributed by atoms with Crippen LogP contribution in [0.4, 0.5) is 0 Å². The van der Waals surface area contributed by atoms with Crippen LogP contribution in [0.3, 0.4) is 0 Å². The van der Waals surface area contributed by atoms with Crippen molar-refractivity contribution in [3.8, 4) is 0 Å². The maximum Gasteiger partial charge on any atom is 1.00 e. The molecule has 5 heteroatoms. The van der Waals surface area contributed by atoms with E-state index in [4.69, 9.17) is 5.11 Å². The summed E-state index contributed by atoms with van der Waals surface area (Å²) in [5, 5.41) is 18.7. The van der Waals surface area contributed by atoms with E-state index in [0.29, 0.717) is 6.42 Å². The van der Waals surface area contributed by atoms with Gasteiger partial charge in [-0.15, -0.1) is 0 Å².